The van der Waals surface area contributed by atoms with Crippen LogP contribution in [0.1, 0.15) is 5.56 Å². The Labute approximate surface area is 103 Å². The van der Waals surface area contributed by atoms with Crippen molar-refractivity contribution in [1.29, 1.82) is 0 Å². The topological polar surface area (TPSA) is 21.3 Å². The number of rotatable bonds is 4. The van der Waals surface area contributed by atoms with E-state index in [0.29, 0.717) is 11.6 Å². The molecule has 0 aromatic heterocycles. The maximum Gasteiger partial charge on any atom is 0.143 e. The fraction of sp³-hybridized carbons (Fsp3) is 0.273. The van der Waals surface area contributed by atoms with Crippen molar-refractivity contribution < 1.29 is 4.74 Å². The Kier molecular flexibility index (Phi) is 4.48. The maximum absolute atomic E-state index is 5.99. The Bertz CT molecular complexity index is 379. The van der Waals surface area contributed by atoms with Crippen LogP contribution < -0.4 is 10.1 Å². The summed E-state index contributed by atoms with van der Waals surface area (Å²) in [5.41, 5.74) is 1.93. The zero-order chi connectivity index (χ0) is 11.4. The van der Waals surface area contributed by atoms with Crippen LogP contribution in [0.2, 0.25) is 5.02 Å². The molecule has 0 bridgehead atoms. The predicted octanol–water partition coefficient (Wildman–Crippen LogP) is 3.98. The highest BCUT2D eigenvalue weighted by atomic mass is 79.9. The van der Waals surface area contributed by atoms with E-state index in [4.69, 9.17) is 16.3 Å². The van der Waals surface area contributed by atoms with Crippen LogP contribution in [-0.2, 0) is 0 Å². The molecule has 82 valence electrons. The van der Waals surface area contributed by atoms with Gasteiger partial charge in [0.25, 0.3) is 0 Å². The quantitative estimate of drug-likeness (QED) is 0.906. The molecule has 15 heavy (non-hydrogen) atoms. The van der Waals surface area contributed by atoms with Crippen LogP contribution in [-0.4, -0.2) is 13.7 Å². The van der Waals surface area contributed by atoms with Gasteiger partial charge in [-0.05, 0) is 18.6 Å². The Balaban J connectivity index is 2.94. The van der Waals surface area contributed by atoms with Crippen LogP contribution in [0.25, 0.3) is 0 Å². The van der Waals surface area contributed by atoms with Crippen molar-refractivity contribution in [2.24, 2.45) is 0 Å². The largest absolute Gasteiger partial charge is 0.495 e. The highest BCUT2D eigenvalue weighted by molar-refractivity contribution is 9.11. The number of anilines is 1. The number of benzene rings is 1. The van der Waals surface area contributed by atoms with Crippen molar-refractivity contribution in [2.75, 3.05) is 19.0 Å². The number of halogens is 2. The average molecular weight is 291 g/mol. The molecule has 0 saturated carbocycles. The van der Waals surface area contributed by atoms with Crippen molar-refractivity contribution in [1.82, 2.24) is 0 Å². The maximum atomic E-state index is 5.99. The lowest BCUT2D eigenvalue weighted by Gasteiger charge is -2.12. The second-order valence-corrected chi connectivity index (χ2v) is 4.70. The highest BCUT2D eigenvalue weighted by Gasteiger charge is 2.06. The molecule has 1 aromatic rings. The van der Waals surface area contributed by atoms with Crippen molar-refractivity contribution in [3.05, 3.63) is 33.8 Å². The van der Waals surface area contributed by atoms with Crippen molar-refractivity contribution in [2.45, 2.75) is 6.92 Å². The SMILES string of the molecule is C=C(Br)CNc1cc(C)c(Cl)cc1OC. The summed E-state index contributed by atoms with van der Waals surface area (Å²) >= 11 is 9.28. The number of aryl methyl sites for hydroxylation is 1. The van der Waals surface area contributed by atoms with E-state index in [1.165, 1.54) is 0 Å². The number of methoxy groups -OCH3 is 1. The van der Waals surface area contributed by atoms with Gasteiger partial charge in [-0.25, -0.2) is 0 Å². The summed E-state index contributed by atoms with van der Waals surface area (Å²) in [6, 6.07) is 3.76. The minimum atomic E-state index is 0.650. The first-order valence-electron chi connectivity index (χ1n) is 4.46. The standard InChI is InChI=1S/C11H13BrClNO/c1-7-4-10(14-6-8(2)12)11(15-3)5-9(7)13/h4-5,14H,2,6H2,1,3H3. The van der Waals surface area contributed by atoms with Gasteiger partial charge in [0.2, 0.25) is 0 Å². The molecule has 0 saturated heterocycles. The van der Waals surface area contributed by atoms with E-state index in [2.05, 4.69) is 27.8 Å². The lowest BCUT2D eigenvalue weighted by atomic mass is 10.2. The van der Waals surface area contributed by atoms with Gasteiger partial charge < -0.3 is 10.1 Å². The summed E-state index contributed by atoms with van der Waals surface area (Å²) in [6.07, 6.45) is 0. The average Bonchev–Trinajstić information content (AvgIpc) is 2.19. The van der Waals surface area contributed by atoms with E-state index in [-0.39, 0.29) is 0 Å². The third-order valence-corrected chi connectivity index (χ3v) is 2.64. The third-order valence-electron chi connectivity index (χ3n) is 1.95. The van der Waals surface area contributed by atoms with Gasteiger partial charge in [-0.15, -0.1) is 0 Å². The second kappa shape index (κ2) is 5.42. The zero-order valence-electron chi connectivity index (χ0n) is 8.73. The Morgan fingerprint density at radius 2 is 2.27 bits per heavy atom. The third kappa shape index (κ3) is 3.43. The Morgan fingerprint density at radius 1 is 1.60 bits per heavy atom. The van der Waals surface area contributed by atoms with E-state index >= 15 is 0 Å². The summed E-state index contributed by atoms with van der Waals surface area (Å²) in [5, 5.41) is 3.91. The molecule has 0 radical (unpaired) electrons. The van der Waals surface area contributed by atoms with Crippen LogP contribution in [0.3, 0.4) is 0 Å². The molecular formula is C11H13BrClNO. The van der Waals surface area contributed by atoms with Gasteiger partial charge in [0.05, 0.1) is 12.8 Å². The lowest BCUT2D eigenvalue weighted by molar-refractivity contribution is 0.416. The van der Waals surface area contributed by atoms with Crippen molar-refractivity contribution in [3.63, 3.8) is 0 Å². The van der Waals surface area contributed by atoms with Crippen LogP contribution >= 0.6 is 27.5 Å². The normalized spacial score (nSPS) is 9.87. The molecule has 1 aromatic carbocycles. The number of ether oxygens (including phenoxy) is 1. The number of hydrogen-bond acceptors (Lipinski definition) is 2. The molecule has 0 atom stereocenters. The minimum Gasteiger partial charge on any atom is -0.495 e. The molecule has 0 spiro atoms. The second-order valence-electron chi connectivity index (χ2n) is 3.17. The smallest absolute Gasteiger partial charge is 0.143 e. The minimum absolute atomic E-state index is 0.650. The van der Waals surface area contributed by atoms with Crippen molar-refractivity contribution >= 4 is 33.2 Å². The summed E-state index contributed by atoms with van der Waals surface area (Å²) in [4.78, 5) is 0. The molecular weight excluding hydrogens is 277 g/mol. The first-order valence-corrected chi connectivity index (χ1v) is 5.63. The summed E-state index contributed by atoms with van der Waals surface area (Å²) in [7, 11) is 1.62. The van der Waals surface area contributed by atoms with Gasteiger partial charge in [0.15, 0.2) is 0 Å². The van der Waals surface area contributed by atoms with Crippen LogP contribution in [0.15, 0.2) is 23.2 Å². The van der Waals surface area contributed by atoms with Gasteiger partial charge >= 0.3 is 0 Å². The van der Waals surface area contributed by atoms with Gasteiger partial charge in [-0.2, -0.15) is 0 Å². The van der Waals surface area contributed by atoms with Crippen LogP contribution in [0, 0.1) is 6.92 Å². The molecule has 0 aliphatic rings. The van der Waals surface area contributed by atoms with E-state index in [0.717, 1.165) is 21.5 Å². The molecule has 0 amide bonds. The zero-order valence-corrected chi connectivity index (χ0v) is 11.1. The fourth-order valence-corrected chi connectivity index (χ4v) is 1.46. The first-order chi connectivity index (χ1) is 7.04. The van der Waals surface area contributed by atoms with Crippen LogP contribution in [0.4, 0.5) is 5.69 Å². The molecule has 2 nitrogen and oxygen atoms in total. The summed E-state index contributed by atoms with van der Waals surface area (Å²) in [5.74, 6) is 0.736. The fourth-order valence-electron chi connectivity index (χ4n) is 1.16. The van der Waals surface area contributed by atoms with E-state index in [1.54, 1.807) is 13.2 Å². The molecule has 0 fully saturated rings. The molecule has 0 aliphatic heterocycles. The van der Waals surface area contributed by atoms with Gasteiger partial charge in [-0.1, -0.05) is 34.1 Å². The van der Waals surface area contributed by atoms with Crippen LogP contribution in [0.5, 0.6) is 5.75 Å². The van der Waals surface area contributed by atoms with Gasteiger partial charge in [0, 0.05) is 22.1 Å². The number of nitrogens with one attached hydrogen (secondary N) is 1. The summed E-state index contributed by atoms with van der Waals surface area (Å²) < 4.78 is 6.11. The van der Waals surface area contributed by atoms with Gasteiger partial charge in [-0.3, -0.25) is 0 Å². The van der Waals surface area contributed by atoms with Gasteiger partial charge in [0.1, 0.15) is 5.75 Å². The molecule has 0 heterocycles. The molecule has 1 N–H and O–H groups in total. The molecule has 0 unspecified atom stereocenters. The highest BCUT2D eigenvalue weighted by Crippen LogP contribution is 2.31. The summed E-state index contributed by atoms with van der Waals surface area (Å²) in [6.45, 7) is 6.36. The first kappa shape index (κ1) is 12.4. The van der Waals surface area contributed by atoms with E-state index < -0.39 is 0 Å². The Morgan fingerprint density at radius 3 is 2.80 bits per heavy atom. The molecule has 1 rings (SSSR count). The van der Waals surface area contributed by atoms with Crippen molar-refractivity contribution in [3.8, 4) is 5.75 Å². The number of hydrogen-bond donors (Lipinski definition) is 1. The molecule has 4 heteroatoms. The Hall–Kier alpha value is -0.670. The predicted molar refractivity (Wildman–Crippen MR) is 69.3 cm³/mol. The lowest BCUT2D eigenvalue weighted by Crippen LogP contribution is -2.03. The molecule has 0 aliphatic carbocycles. The van der Waals surface area contributed by atoms with E-state index in [9.17, 15) is 0 Å². The monoisotopic (exact) mass is 289 g/mol. The van der Waals surface area contributed by atoms with E-state index in [1.807, 2.05) is 13.0 Å².